The van der Waals surface area contributed by atoms with Crippen LogP contribution in [0.3, 0.4) is 0 Å². The van der Waals surface area contributed by atoms with Crippen LogP contribution in [0, 0.1) is 0 Å². The highest BCUT2D eigenvalue weighted by molar-refractivity contribution is 7.89. The largest absolute Gasteiger partial charge is 0.399 e. The van der Waals surface area contributed by atoms with Crippen LogP contribution >= 0.6 is 11.6 Å². The van der Waals surface area contributed by atoms with Crippen LogP contribution in [-0.2, 0) is 14.8 Å². The number of nitrogens with one attached hydrogen (secondary N) is 1. The van der Waals surface area contributed by atoms with Crippen molar-refractivity contribution in [1.82, 2.24) is 9.62 Å². The van der Waals surface area contributed by atoms with E-state index in [9.17, 15) is 13.2 Å². The first-order chi connectivity index (χ1) is 9.31. The smallest absolute Gasteiger partial charge is 0.242 e. The third kappa shape index (κ3) is 4.09. The molecule has 1 aromatic rings. The summed E-state index contributed by atoms with van der Waals surface area (Å²) in [5.74, 6) is -0.293. The summed E-state index contributed by atoms with van der Waals surface area (Å²) in [4.78, 5) is 13.2. The molecule has 0 atom stereocenters. The summed E-state index contributed by atoms with van der Waals surface area (Å²) in [7, 11) is -3.87. The molecular formula is C12H18ClN3O3S. The number of rotatable bonds is 6. The van der Waals surface area contributed by atoms with Gasteiger partial charge in [-0.25, -0.2) is 13.1 Å². The molecule has 0 fully saturated rings. The van der Waals surface area contributed by atoms with Gasteiger partial charge in [0.1, 0.15) is 4.90 Å². The summed E-state index contributed by atoms with van der Waals surface area (Å²) >= 11 is 5.84. The van der Waals surface area contributed by atoms with Crippen LogP contribution in [0.1, 0.15) is 13.8 Å². The van der Waals surface area contributed by atoms with Crippen LogP contribution < -0.4 is 10.5 Å². The highest BCUT2D eigenvalue weighted by Gasteiger charge is 2.20. The van der Waals surface area contributed by atoms with E-state index in [1.165, 1.54) is 23.1 Å². The third-order valence-electron chi connectivity index (χ3n) is 2.77. The predicted molar refractivity (Wildman–Crippen MR) is 79.0 cm³/mol. The highest BCUT2D eigenvalue weighted by Crippen LogP contribution is 2.23. The number of sulfonamides is 1. The Bertz CT molecular complexity index is 586. The zero-order chi connectivity index (χ0) is 15.3. The standard InChI is InChI=1S/C12H18ClN3O3S/c1-3-16(4-2)12(17)8-15-20(18,19)11-7-9(14)5-6-10(11)13/h5-7,15H,3-4,8,14H2,1-2H3. The van der Waals surface area contributed by atoms with Gasteiger partial charge in [-0.15, -0.1) is 0 Å². The molecule has 0 saturated carbocycles. The molecule has 0 radical (unpaired) electrons. The van der Waals surface area contributed by atoms with Crippen molar-refractivity contribution in [3.63, 3.8) is 0 Å². The minimum Gasteiger partial charge on any atom is -0.399 e. The molecule has 0 aromatic heterocycles. The fourth-order valence-corrected chi connectivity index (χ4v) is 3.16. The number of hydrogen-bond acceptors (Lipinski definition) is 4. The molecule has 0 unspecified atom stereocenters. The average molecular weight is 320 g/mol. The number of carbonyl (C=O) groups excluding carboxylic acids is 1. The lowest BCUT2D eigenvalue weighted by Crippen LogP contribution is -2.40. The normalized spacial score (nSPS) is 11.3. The van der Waals surface area contributed by atoms with E-state index < -0.39 is 10.0 Å². The number of anilines is 1. The SMILES string of the molecule is CCN(CC)C(=O)CNS(=O)(=O)c1cc(N)ccc1Cl. The summed E-state index contributed by atoms with van der Waals surface area (Å²) in [5.41, 5.74) is 5.83. The molecule has 8 heteroatoms. The molecule has 0 bridgehead atoms. The molecule has 1 amide bonds. The van der Waals surface area contributed by atoms with Gasteiger partial charge in [0.05, 0.1) is 11.6 Å². The highest BCUT2D eigenvalue weighted by atomic mass is 35.5. The maximum Gasteiger partial charge on any atom is 0.242 e. The summed E-state index contributed by atoms with van der Waals surface area (Å²) in [6.45, 7) is 4.39. The van der Waals surface area contributed by atoms with Gasteiger partial charge in [0.25, 0.3) is 0 Å². The molecule has 1 rings (SSSR count). The fourth-order valence-electron chi connectivity index (χ4n) is 1.65. The Kier molecular flexibility index (Phi) is 5.79. The van der Waals surface area contributed by atoms with Crippen LogP contribution in [0.5, 0.6) is 0 Å². The lowest BCUT2D eigenvalue weighted by atomic mass is 10.3. The Morgan fingerprint density at radius 1 is 1.35 bits per heavy atom. The molecular weight excluding hydrogens is 302 g/mol. The number of nitrogen functional groups attached to an aromatic ring is 1. The molecule has 112 valence electrons. The molecule has 0 aliphatic heterocycles. The van der Waals surface area contributed by atoms with Gasteiger partial charge in [0.15, 0.2) is 0 Å². The lowest BCUT2D eigenvalue weighted by molar-refractivity contribution is -0.129. The number of nitrogens with two attached hydrogens (primary N) is 1. The van der Waals surface area contributed by atoms with E-state index in [-0.39, 0.29) is 28.1 Å². The van der Waals surface area contributed by atoms with Crippen LogP contribution in [0.15, 0.2) is 23.1 Å². The van der Waals surface area contributed by atoms with E-state index >= 15 is 0 Å². The van der Waals surface area contributed by atoms with Gasteiger partial charge in [-0.1, -0.05) is 11.6 Å². The molecule has 0 saturated heterocycles. The van der Waals surface area contributed by atoms with Crippen molar-refractivity contribution in [1.29, 1.82) is 0 Å². The van der Waals surface area contributed by atoms with Crippen molar-refractivity contribution in [2.75, 3.05) is 25.4 Å². The summed E-state index contributed by atoms with van der Waals surface area (Å²) in [5, 5.41) is 0.0574. The minimum absolute atomic E-state index is 0.0574. The predicted octanol–water partition coefficient (Wildman–Crippen LogP) is 1.07. The van der Waals surface area contributed by atoms with Crippen LogP contribution in [0.2, 0.25) is 5.02 Å². The van der Waals surface area contributed by atoms with E-state index in [0.29, 0.717) is 13.1 Å². The van der Waals surface area contributed by atoms with Gasteiger partial charge >= 0.3 is 0 Å². The Labute approximate surface area is 123 Å². The maximum absolute atomic E-state index is 12.1. The number of halogens is 1. The maximum atomic E-state index is 12.1. The molecule has 20 heavy (non-hydrogen) atoms. The van der Waals surface area contributed by atoms with Crippen molar-refractivity contribution in [2.24, 2.45) is 0 Å². The molecule has 3 N–H and O–H groups in total. The van der Waals surface area contributed by atoms with Crippen LogP contribution in [0.25, 0.3) is 0 Å². The van der Waals surface area contributed by atoms with Gasteiger partial charge in [-0.3, -0.25) is 4.79 Å². The zero-order valence-electron chi connectivity index (χ0n) is 11.4. The number of amides is 1. The first-order valence-electron chi connectivity index (χ1n) is 6.14. The number of hydrogen-bond donors (Lipinski definition) is 2. The number of benzene rings is 1. The number of carbonyl (C=O) groups is 1. The Morgan fingerprint density at radius 3 is 2.50 bits per heavy atom. The van der Waals surface area contributed by atoms with Gasteiger partial charge < -0.3 is 10.6 Å². The number of nitrogens with zero attached hydrogens (tertiary/aromatic N) is 1. The first kappa shape index (κ1) is 16.7. The Hall–Kier alpha value is -1.31. The quantitative estimate of drug-likeness (QED) is 0.767. The second-order valence-corrected chi connectivity index (χ2v) is 6.22. The molecule has 1 aromatic carbocycles. The minimum atomic E-state index is -3.87. The van der Waals surface area contributed by atoms with Crippen molar-refractivity contribution >= 4 is 33.2 Å². The van der Waals surface area contributed by atoms with Crippen molar-refractivity contribution in [3.05, 3.63) is 23.2 Å². The Balaban J connectivity index is 2.86. The van der Waals surface area contributed by atoms with E-state index in [1.54, 1.807) is 0 Å². The fraction of sp³-hybridized carbons (Fsp3) is 0.417. The monoisotopic (exact) mass is 319 g/mol. The summed E-state index contributed by atoms with van der Waals surface area (Å²) < 4.78 is 26.4. The van der Waals surface area contributed by atoms with Crippen molar-refractivity contribution < 1.29 is 13.2 Å². The zero-order valence-corrected chi connectivity index (χ0v) is 13.0. The van der Waals surface area contributed by atoms with Crippen LogP contribution in [-0.4, -0.2) is 38.9 Å². The van der Waals surface area contributed by atoms with E-state index in [1.807, 2.05) is 13.8 Å². The molecule has 0 heterocycles. The second-order valence-electron chi connectivity index (χ2n) is 4.08. The number of likely N-dealkylation sites (N-methyl/N-ethyl adjacent to an activating group) is 1. The first-order valence-corrected chi connectivity index (χ1v) is 8.00. The van der Waals surface area contributed by atoms with E-state index in [2.05, 4.69) is 4.72 Å². The molecule has 0 aliphatic carbocycles. The third-order valence-corrected chi connectivity index (χ3v) is 4.66. The molecule has 6 nitrogen and oxygen atoms in total. The van der Waals surface area contributed by atoms with Gasteiger partial charge in [-0.05, 0) is 32.0 Å². The van der Waals surface area contributed by atoms with Crippen LogP contribution in [0.4, 0.5) is 5.69 Å². The lowest BCUT2D eigenvalue weighted by Gasteiger charge is -2.18. The van der Waals surface area contributed by atoms with Crippen molar-refractivity contribution in [2.45, 2.75) is 18.7 Å². The van der Waals surface area contributed by atoms with E-state index in [0.717, 1.165) is 0 Å². The Morgan fingerprint density at radius 2 is 1.95 bits per heavy atom. The molecule has 0 spiro atoms. The average Bonchev–Trinajstić information content (AvgIpc) is 2.40. The van der Waals surface area contributed by atoms with Gasteiger partial charge in [-0.2, -0.15) is 0 Å². The van der Waals surface area contributed by atoms with Gasteiger partial charge in [0, 0.05) is 18.8 Å². The topological polar surface area (TPSA) is 92.5 Å². The molecule has 0 aliphatic rings. The summed E-state index contributed by atoms with van der Waals surface area (Å²) in [6, 6.07) is 4.16. The van der Waals surface area contributed by atoms with E-state index in [4.69, 9.17) is 17.3 Å². The summed E-state index contributed by atoms with van der Waals surface area (Å²) in [6.07, 6.45) is 0. The van der Waals surface area contributed by atoms with Gasteiger partial charge in [0.2, 0.25) is 15.9 Å². The second kappa shape index (κ2) is 6.92. The van der Waals surface area contributed by atoms with Crippen molar-refractivity contribution in [3.8, 4) is 0 Å².